The van der Waals surface area contributed by atoms with E-state index < -0.39 is 0 Å². The standard InChI is InChI=1S/C19H17N3O3S/c1-12(23)13-7-3-5-9-15(13)20-17(24)11-26-19-21-16-10-6-4-8-14(16)18(25)22(19)2/h3-10H,11H2,1-2H3,(H,20,24). The number of ketones is 1. The smallest absolute Gasteiger partial charge is 0.261 e. The number of hydrogen-bond donors (Lipinski definition) is 1. The molecule has 26 heavy (non-hydrogen) atoms. The number of carbonyl (C=O) groups excluding carboxylic acids is 2. The molecule has 0 saturated heterocycles. The topological polar surface area (TPSA) is 81.1 Å². The third-order valence-corrected chi connectivity index (χ3v) is 4.88. The normalized spacial score (nSPS) is 10.7. The number of anilines is 1. The minimum Gasteiger partial charge on any atom is -0.325 e. The molecule has 0 saturated carbocycles. The zero-order chi connectivity index (χ0) is 18.7. The molecule has 0 spiro atoms. The van der Waals surface area contributed by atoms with E-state index in [2.05, 4.69) is 10.3 Å². The van der Waals surface area contributed by atoms with Crippen LogP contribution in [-0.2, 0) is 11.8 Å². The first-order chi connectivity index (χ1) is 12.5. The maximum Gasteiger partial charge on any atom is 0.261 e. The third-order valence-electron chi connectivity index (χ3n) is 3.85. The van der Waals surface area contributed by atoms with Crippen LogP contribution >= 0.6 is 11.8 Å². The van der Waals surface area contributed by atoms with Gasteiger partial charge in [-0.25, -0.2) is 4.98 Å². The average molecular weight is 367 g/mol. The molecule has 3 rings (SSSR count). The number of benzene rings is 2. The Morgan fingerprint density at radius 1 is 1.12 bits per heavy atom. The first kappa shape index (κ1) is 17.9. The summed E-state index contributed by atoms with van der Waals surface area (Å²) in [6.45, 7) is 1.45. The Kier molecular flexibility index (Phi) is 5.18. The molecule has 0 fully saturated rings. The molecule has 7 heteroatoms. The molecule has 0 aliphatic rings. The van der Waals surface area contributed by atoms with Crippen molar-refractivity contribution in [1.82, 2.24) is 9.55 Å². The van der Waals surface area contributed by atoms with Gasteiger partial charge >= 0.3 is 0 Å². The summed E-state index contributed by atoms with van der Waals surface area (Å²) in [7, 11) is 1.63. The maximum atomic E-state index is 12.4. The number of fused-ring (bicyclic) bond motifs is 1. The van der Waals surface area contributed by atoms with Gasteiger partial charge in [0.15, 0.2) is 10.9 Å². The molecule has 6 nitrogen and oxygen atoms in total. The molecular formula is C19H17N3O3S. The van der Waals surface area contributed by atoms with E-state index in [1.807, 2.05) is 6.07 Å². The van der Waals surface area contributed by atoms with Crippen LogP contribution in [-0.4, -0.2) is 27.0 Å². The van der Waals surface area contributed by atoms with Crippen LogP contribution < -0.4 is 10.9 Å². The van der Waals surface area contributed by atoms with Crippen molar-refractivity contribution in [3.05, 3.63) is 64.4 Å². The fourth-order valence-corrected chi connectivity index (χ4v) is 3.31. The number of amides is 1. The maximum absolute atomic E-state index is 12.4. The van der Waals surface area contributed by atoms with Gasteiger partial charge in [-0.3, -0.25) is 19.0 Å². The van der Waals surface area contributed by atoms with Crippen molar-refractivity contribution in [2.45, 2.75) is 12.1 Å². The second-order valence-electron chi connectivity index (χ2n) is 5.71. The average Bonchev–Trinajstić information content (AvgIpc) is 2.64. The van der Waals surface area contributed by atoms with Crippen LogP contribution in [0.3, 0.4) is 0 Å². The van der Waals surface area contributed by atoms with E-state index in [-0.39, 0.29) is 23.0 Å². The van der Waals surface area contributed by atoms with Gasteiger partial charge < -0.3 is 5.32 Å². The van der Waals surface area contributed by atoms with Gasteiger partial charge in [-0.15, -0.1) is 0 Å². The minimum absolute atomic E-state index is 0.0743. The first-order valence-electron chi connectivity index (χ1n) is 7.96. The quantitative estimate of drug-likeness (QED) is 0.426. The number of Topliss-reactive ketones (excluding diaryl/α,β-unsaturated/α-hetero) is 1. The molecule has 0 bridgehead atoms. The molecule has 0 atom stereocenters. The van der Waals surface area contributed by atoms with Crippen LogP contribution in [0, 0.1) is 0 Å². The summed E-state index contributed by atoms with van der Waals surface area (Å²) in [4.78, 5) is 40.7. The number of nitrogens with one attached hydrogen (secondary N) is 1. The number of hydrogen-bond acceptors (Lipinski definition) is 5. The van der Waals surface area contributed by atoms with E-state index >= 15 is 0 Å². The second kappa shape index (κ2) is 7.53. The first-order valence-corrected chi connectivity index (χ1v) is 8.94. The summed E-state index contributed by atoms with van der Waals surface area (Å²) in [5.74, 6) is -0.316. The summed E-state index contributed by atoms with van der Waals surface area (Å²) in [6, 6.07) is 13.9. The molecule has 3 aromatic rings. The van der Waals surface area contributed by atoms with Gasteiger partial charge in [0.25, 0.3) is 5.56 Å². The van der Waals surface area contributed by atoms with Gasteiger partial charge in [-0.05, 0) is 31.2 Å². The minimum atomic E-state index is -0.272. The van der Waals surface area contributed by atoms with E-state index in [9.17, 15) is 14.4 Å². The van der Waals surface area contributed by atoms with Crippen LogP contribution in [0.15, 0.2) is 58.5 Å². The second-order valence-corrected chi connectivity index (χ2v) is 6.66. The fraction of sp³-hybridized carbons (Fsp3) is 0.158. The monoisotopic (exact) mass is 367 g/mol. The predicted octanol–water partition coefficient (Wildman–Crippen LogP) is 2.87. The van der Waals surface area contributed by atoms with Gasteiger partial charge in [0.05, 0.1) is 22.3 Å². The molecule has 0 aliphatic heterocycles. The lowest BCUT2D eigenvalue weighted by molar-refractivity contribution is -0.113. The highest BCUT2D eigenvalue weighted by Crippen LogP contribution is 2.19. The molecule has 1 amide bonds. The Morgan fingerprint density at radius 3 is 2.58 bits per heavy atom. The highest BCUT2D eigenvalue weighted by molar-refractivity contribution is 7.99. The summed E-state index contributed by atoms with van der Waals surface area (Å²) < 4.78 is 1.43. The lowest BCUT2D eigenvalue weighted by Gasteiger charge is -2.10. The SMILES string of the molecule is CC(=O)c1ccccc1NC(=O)CSc1nc2ccccc2c(=O)n1C. The Morgan fingerprint density at radius 2 is 1.81 bits per heavy atom. The molecule has 2 aromatic carbocycles. The van der Waals surface area contributed by atoms with E-state index in [1.54, 1.807) is 49.5 Å². The predicted molar refractivity (Wildman–Crippen MR) is 103 cm³/mol. The molecule has 1 aromatic heterocycles. The highest BCUT2D eigenvalue weighted by Gasteiger charge is 2.13. The Hall–Kier alpha value is -2.93. The zero-order valence-electron chi connectivity index (χ0n) is 14.4. The summed E-state index contributed by atoms with van der Waals surface area (Å²) >= 11 is 1.17. The Balaban J connectivity index is 1.76. The number of thioether (sulfide) groups is 1. The van der Waals surface area contributed by atoms with E-state index in [4.69, 9.17) is 0 Å². The van der Waals surface area contributed by atoms with Gasteiger partial charge in [-0.2, -0.15) is 0 Å². The lowest BCUT2D eigenvalue weighted by Crippen LogP contribution is -2.21. The number of nitrogens with zero attached hydrogens (tertiary/aromatic N) is 2. The number of rotatable bonds is 5. The lowest BCUT2D eigenvalue weighted by atomic mass is 10.1. The number of aromatic nitrogens is 2. The Bertz CT molecular complexity index is 1060. The van der Waals surface area contributed by atoms with Crippen LogP contribution in [0.4, 0.5) is 5.69 Å². The van der Waals surface area contributed by atoms with Crippen LogP contribution in [0.1, 0.15) is 17.3 Å². The molecule has 132 valence electrons. The van der Waals surface area contributed by atoms with E-state index in [0.717, 1.165) is 0 Å². The summed E-state index contributed by atoms with van der Waals surface area (Å²) in [5.41, 5.74) is 1.38. The van der Waals surface area contributed by atoms with Crippen LogP contribution in [0.5, 0.6) is 0 Å². The summed E-state index contributed by atoms with van der Waals surface area (Å²) in [6.07, 6.45) is 0. The van der Waals surface area contributed by atoms with E-state index in [0.29, 0.717) is 27.3 Å². The molecule has 1 N–H and O–H groups in total. The van der Waals surface area contributed by atoms with Gasteiger partial charge in [0, 0.05) is 12.6 Å². The largest absolute Gasteiger partial charge is 0.325 e. The van der Waals surface area contributed by atoms with Gasteiger partial charge in [0.1, 0.15) is 0 Å². The molecule has 1 heterocycles. The molecular weight excluding hydrogens is 350 g/mol. The van der Waals surface area contributed by atoms with Crippen LogP contribution in [0.2, 0.25) is 0 Å². The van der Waals surface area contributed by atoms with Gasteiger partial charge in [-0.1, -0.05) is 36.0 Å². The molecule has 0 aliphatic carbocycles. The highest BCUT2D eigenvalue weighted by atomic mass is 32.2. The van der Waals surface area contributed by atoms with Crippen molar-refractivity contribution in [2.24, 2.45) is 7.05 Å². The Labute approximate surface area is 154 Å². The fourth-order valence-electron chi connectivity index (χ4n) is 2.54. The van der Waals surface area contributed by atoms with Crippen molar-refractivity contribution in [1.29, 1.82) is 0 Å². The molecule has 0 unspecified atom stereocenters. The van der Waals surface area contributed by atoms with Crippen molar-refractivity contribution in [2.75, 3.05) is 11.1 Å². The molecule has 0 radical (unpaired) electrons. The van der Waals surface area contributed by atoms with Gasteiger partial charge in [0.2, 0.25) is 5.91 Å². The van der Waals surface area contributed by atoms with Crippen LogP contribution in [0.25, 0.3) is 10.9 Å². The van der Waals surface area contributed by atoms with Crippen molar-refractivity contribution in [3.63, 3.8) is 0 Å². The number of para-hydroxylation sites is 2. The van der Waals surface area contributed by atoms with Crippen molar-refractivity contribution >= 4 is 40.0 Å². The third kappa shape index (κ3) is 3.67. The van der Waals surface area contributed by atoms with Crippen molar-refractivity contribution in [3.8, 4) is 0 Å². The summed E-state index contributed by atoms with van der Waals surface area (Å²) in [5, 5.41) is 3.74. The van der Waals surface area contributed by atoms with E-state index in [1.165, 1.54) is 23.3 Å². The number of carbonyl (C=O) groups is 2. The van der Waals surface area contributed by atoms with Crippen molar-refractivity contribution < 1.29 is 9.59 Å². The zero-order valence-corrected chi connectivity index (χ0v) is 15.2.